The third-order valence-electron chi connectivity index (χ3n) is 2.45. The molecular weight excluding hydrogens is 216 g/mol. The quantitative estimate of drug-likeness (QED) is 0.830. The van der Waals surface area contributed by atoms with Crippen LogP contribution in [0.15, 0.2) is 36.4 Å². The minimum Gasteiger partial charge on any atom is -0.504 e. The second kappa shape index (κ2) is 4.37. The number of ether oxygens (including phenoxy) is 1. The molecule has 3 nitrogen and oxygen atoms in total. The first kappa shape index (κ1) is 11.3. The van der Waals surface area contributed by atoms with Crippen LogP contribution in [0.4, 0.5) is 0 Å². The van der Waals surface area contributed by atoms with Gasteiger partial charge in [0.05, 0.1) is 0 Å². The summed E-state index contributed by atoms with van der Waals surface area (Å²) in [7, 11) is 0. The molecule has 0 unspecified atom stereocenters. The Bertz CT molecular complexity index is 498. The van der Waals surface area contributed by atoms with Crippen molar-refractivity contribution in [2.45, 2.75) is 13.8 Å². The van der Waals surface area contributed by atoms with Crippen LogP contribution in [-0.4, -0.2) is 10.2 Å². The number of rotatable bonds is 2. The van der Waals surface area contributed by atoms with Crippen LogP contribution in [0.1, 0.15) is 11.1 Å². The van der Waals surface area contributed by atoms with Gasteiger partial charge in [-0.15, -0.1) is 0 Å². The lowest BCUT2D eigenvalue weighted by atomic mass is 10.2. The molecular formula is C14H14O3. The van der Waals surface area contributed by atoms with Crippen LogP contribution in [0.3, 0.4) is 0 Å². The predicted octanol–water partition coefficient (Wildman–Crippen LogP) is 3.51. The molecule has 0 aliphatic carbocycles. The van der Waals surface area contributed by atoms with Crippen LogP contribution >= 0.6 is 0 Å². The molecule has 0 bridgehead atoms. The van der Waals surface area contributed by atoms with Gasteiger partial charge in [-0.2, -0.15) is 0 Å². The lowest BCUT2D eigenvalue weighted by molar-refractivity contribution is 0.385. The van der Waals surface area contributed by atoms with Gasteiger partial charge < -0.3 is 14.9 Å². The number of aryl methyl sites for hydroxylation is 2. The van der Waals surface area contributed by atoms with Crippen molar-refractivity contribution < 1.29 is 14.9 Å². The summed E-state index contributed by atoms with van der Waals surface area (Å²) in [4.78, 5) is 0. The van der Waals surface area contributed by atoms with E-state index < -0.39 is 0 Å². The number of phenolic OH excluding ortho intramolecular Hbond substituents is 2. The number of hydrogen-bond donors (Lipinski definition) is 2. The second-order valence-corrected chi connectivity index (χ2v) is 4.04. The van der Waals surface area contributed by atoms with E-state index in [2.05, 4.69) is 0 Å². The van der Waals surface area contributed by atoms with Gasteiger partial charge in [-0.3, -0.25) is 0 Å². The van der Waals surface area contributed by atoms with Gasteiger partial charge in [0, 0.05) is 0 Å². The summed E-state index contributed by atoms with van der Waals surface area (Å²) in [5.41, 5.74) is 1.95. The Morgan fingerprint density at radius 1 is 0.765 bits per heavy atom. The summed E-state index contributed by atoms with van der Waals surface area (Å²) < 4.78 is 5.50. The van der Waals surface area contributed by atoms with E-state index in [0.717, 1.165) is 11.1 Å². The standard InChI is InChI=1S/C14H14O3/c1-9-3-5-11(15)13(7-9)17-14-8-10(2)4-6-12(14)16/h3-8,15-16H,1-2H3. The third-order valence-corrected chi connectivity index (χ3v) is 2.45. The number of phenols is 2. The van der Waals surface area contributed by atoms with E-state index in [1.54, 1.807) is 36.4 Å². The molecule has 2 rings (SSSR count). The van der Waals surface area contributed by atoms with Crippen molar-refractivity contribution in [3.8, 4) is 23.0 Å². The third kappa shape index (κ3) is 2.50. The van der Waals surface area contributed by atoms with Gasteiger partial charge in [0.1, 0.15) is 0 Å². The molecule has 3 heteroatoms. The summed E-state index contributed by atoms with van der Waals surface area (Å²) in [6.45, 7) is 3.81. The van der Waals surface area contributed by atoms with Crippen LogP contribution in [0.2, 0.25) is 0 Å². The SMILES string of the molecule is Cc1ccc(O)c(Oc2cc(C)ccc2O)c1. The van der Waals surface area contributed by atoms with Crippen molar-refractivity contribution in [3.63, 3.8) is 0 Å². The molecule has 0 aliphatic heterocycles. The summed E-state index contributed by atoms with van der Waals surface area (Å²) in [5.74, 6) is 0.782. The lowest BCUT2D eigenvalue weighted by Crippen LogP contribution is -1.87. The topological polar surface area (TPSA) is 49.7 Å². The van der Waals surface area contributed by atoms with E-state index in [4.69, 9.17) is 4.74 Å². The van der Waals surface area contributed by atoms with E-state index in [1.165, 1.54) is 0 Å². The molecule has 17 heavy (non-hydrogen) atoms. The molecule has 0 saturated carbocycles. The maximum atomic E-state index is 9.65. The Hall–Kier alpha value is -2.16. The number of aromatic hydroxyl groups is 2. The van der Waals surface area contributed by atoms with Crippen molar-refractivity contribution in [3.05, 3.63) is 47.5 Å². The van der Waals surface area contributed by atoms with Crippen LogP contribution in [0.25, 0.3) is 0 Å². The molecule has 0 atom stereocenters. The van der Waals surface area contributed by atoms with Crippen LogP contribution in [-0.2, 0) is 0 Å². The highest BCUT2D eigenvalue weighted by atomic mass is 16.5. The zero-order valence-electron chi connectivity index (χ0n) is 9.77. The van der Waals surface area contributed by atoms with Crippen molar-refractivity contribution in [1.29, 1.82) is 0 Å². The second-order valence-electron chi connectivity index (χ2n) is 4.04. The fourth-order valence-corrected chi connectivity index (χ4v) is 1.52. The van der Waals surface area contributed by atoms with E-state index in [0.29, 0.717) is 11.5 Å². The van der Waals surface area contributed by atoms with Gasteiger partial charge in [0.2, 0.25) is 0 Å². The zero-order chi connectivity index (χ0) is 12.4. The van der Waals surface area contributed by atoms with Crippen LogP contribution in [0, 0.1) is 13.8 Å². The first-order valence-corrected chi connectivity index (χ1v) is 5.33. The van der Waals surface area contributed by atoms with Gasteiger partial charge in [0.15, 0.2) is 23.0 Å². The van der Waals surface area contributed by atoms with E-state index in [1.807, 2.05) is 13.8 Å². The lowest BCUT2D eigenvalue weighted by Gasteiger charge is -2.10. The molecule has 0 amide bonds. The summed E-state index contributed by atoms with van der Waals surface area (Å²) in [6.07, 6.45) is 0. The zero-order valence-corrected chi connectivity index (χ0v) is 9.77. The summed E-state index contributed by atoms with van der Waals surface area (Å²) in [5, 5.41) is 19.3. The van der Waals surface area contributed by atoms with Gasteiger partial charge >= 0.3 is 0 Å². The molecule has 2 aromatic rings. The predicted molar refractivity (Wildman–Crippen MR) is 65.8 cm³/mol. The fourth-order valence-electron chi connectivity index (χ4n) is 1.52. The summed E-state index contributed by atoms with van der Waals surface area (Å²) in [6, 6.07) is 10.2. The minimum absolute atomic E-state index is 0.0523. The maximum absolute atomic E-state index is 9.65. The average molecular weight is 230 g/mol. The Morgan fingerprint density at radius 2 is 1.18 bits per heavy atom. The van der Waals surface area contributed by atoms with Gasteiger partial charge in [-0.25, -0.2) is 0 Å². The van der Waals surface area contributed by atoms with Crippen LogP contribution in [0.5, 0.6) is 23.0 Å². The van der Waals surface area contributed by atoms with E-state index in [9.17, 15) is 10.2 Å². The summed E-state index contributed by atoms with van der Waals surface area (Å²) >= 11 is 0. The molecule has 0 aliphatic rings. The monoisotopic (exact) mass is 230 g/mol. The highest BCUT2D eigenvalue weighted by molar-refractivity contribution is 5.48. The number of benzene rings is 2. The van der Waals surface area contributed by atoms with E-state index in [-0.39, 0.29) is 11.5 Å². The minimum atomic E-state index is 0.0523. The van der Waals surface area contributed by atoms with Gasteiger partial charge in [0.25, 0.3) is 0 Å². The molecule has 2 aromatic carbocycles. The Balaban J connectivity index is 2.37. The van der Waals surface area contributed by atoms with Crippen molar-refractivity contribution in [2.24, 2.45) is 0 Å². The fraction of sp³-hybridized carbons (Fsp3) is 0.143. The maximum Gasteiger partial charge on any atom is 0.169 e. The Morgan fingerprint density at radius 3 is 1.59 bits per heavy atom. The van der Waals surface area contributed by atoms with Gasteiger partial charge in [-0.05, 0) is 49.2 Å². The largest absolute Gasteiger partial charge is 0.504 e. The van der Waals surface area contributed by atoms with Gasteiger partial charge in [-0.1, -0.05) is 12.1 Å². The highest BCUT2D eigenvalue weighted by Gasteiger charge is 2.08. The molecule has 0 radical (unpaired) electrons. The first-order valence-electron chi connectivity index (χ1n) is 5.33. The molecule has 0 heterocycles. The molecule has 0 spiro atoms. The van der Waals surface area contributed by atoms with Crippen LogP contribution < -0.4 is 4.74 Å². The Kier molecular flexibility index (Phi) is 2.91. The normalized spacial score (nSPS) is 10.2. The highest BCUT2D eigenvalue weighted by Crippen LogP contribution is 2.36. The smallest absolute Gasteiger partial charge is 0.169 e. The molecule has 88 valence electrons. The first-order chi connectivity index (χ1) is 8.06. The van der Waals surface area contributed by atoms with Crippen molar-refractivity contribution in [2.75, 3.05) is 0 Å². The van der Waals surface area contributed by atoms with Crippen molar-refractivity contribution >= 4 is 0 Å². The molecule has 0 aromatic heterocycles. The molecule has 0 saturated heterocycles. The number of hydrogen-bond acceptors (Lipinski definition) is 3. The molecule has 0 fully saturated rings. The molecule has 2 N–H and O–H groups in total. The average Bonchev–Trinajstić information content (AvgIpc) is 2.28. The van der Waals surface area contributed by atoms with E-state index >= 15 is 0 Å². The van der Waals surface area contributed by atoms with Crippen molar-refractivity contribution in [1.82, 2.24) is 0 Å². The Labute approximate surface area is 99.9 Å².